The molecule has 2 rings (SSSR count). The Hall–Kier alpha value is -1.65. The predicted octanol–water partition coefficient (Wildman–Crippen LogP) is 2.60. The Morgan fingerprint density at radius 2 is 1.67 bits per heavy atom. The van der Waals surface area contributed by atoms with Crippen LogP contribution >= 0.6 is 24.0 Å². The van der Waals surface area contributed by atoms with Crippen molar-refractivity contribution in [3.8, 4) is 0 Å². The lowest BCUT2D eigenvalue weighted by Crippen LogP contribution is -2.42. The molecule has 0 amide bonds. The second-order valence-corrected chi connectivity index (χ2v) is 7.73. The van der Waals surface area contributed by atoms with Gasteiger partial charge >= 0.3 is 0 Å². The number of hydrogen-bond acceptors (Lipinski definition) is 3. The summed E-state index contributed by atoms with van der Waals surface area (Å²) in [6.07, 6.45) is 0. The third-order valence-electron chi connectivity index (χ3n) is 4.00. The van der Waals surface area contributed by atoms with Crippen molar-refractivity contribution in [1.29, 1.82) is 0 Å². The Bertz CT molecular complexity index is 842. The molecule has 2 aromatic rings. The van der Waals surface area contributed by atoms with E-state index in [0.717, 1.165) is 6.54 Å². The minimum Gasteiger partial charge on any atom is -0.355 e. The molecule has 0 saturated carbocycles. The Morgan fingerprint density at radius 1 is 1.04 bits per heavy atom. The molecule has 0 aliphatic rings. The third kappa shape index (κ3) is 7.11. The first kappa shape index (κ1) is 23.4. The summed E-state index contributed by atoms with van der Waals surface area (Å²) in [6.45, 7) is 3.52. The van der Waals surface area contributed by atoms with E-state index in [2.05, 4.69) is 34.1 Å². The van der Waals surface area contributed by atoms with Crippen LogP contribution in [0, 0.1) is 6.92 Å². The molecule has 2 N–H and O–H groups in total. The summed E-state index contributed by atoms with van der Waals surface area (Å²) >= 11 is 0. The fourth-order valence-corrected chi connectivity index (χ4v) is 3.60. The minimum absolute atomic E-state index is 0. The molecule has 0 saturated heterocycles. The summed E-state index contributed by atoms with van der Waals surface area (Å²) in [5.41, 5.74) is 2.45. The van der Waals surface area contributed by atoms with E-state index in [4.69, 9.17) is 0 Å². The van der Waals surface area contributed by atoms with Crippen LogP contribution in [0.4, 0.5) is 0 Å². The van der Waals surface area contributed by atoms with Crippen LogP contribution in [0.5, 0.6) is 0 Å². The number of hydrogen-bond donors (Lipinski definition) is 2. The van der Waals surface area contributed by atoms with E-state index >= 15 is 0 Å². The number of nitrogens with one attached hydrogen (secondary N) is 2. The fraction of sp³-hybridized carbons (Fsp3) is 0.316. The van der Waals surface area contributed by atoms with Gasteiger partial charge in [-0.2, -0.15) is 0 Å². The van der Waals surface area contributed by atoms with Gasteiger partial charge in [0.05, 0.1) is 4.90 Å². The Kier molecular flexibility index (Phi) is 9.75. The predicted molar refractivity (Wildman–Crippen MR) is 121 cm³/mol. The zero-order valence-electron chi connectivity index (χ0n) is 15.8. The van der Waals surface area contributed by atoms with Crippen LogP contribution in [0.25, 0.3) is 0 Å². The molecule has 0 aromatic heterocycles. The lowest BCUT2D eigenvalue weighted by atomic mass is 10.1. The van der Waals surface area contributed by atoms with Crippen LogP contribution in [0.15, 0.2) is 64.5 Å². The minimum atomic E-state index is -3.48. The fourth-order valence-electron chi connectivity index (χ4n) is 2.55. The summed E-state index contributed by atoms with van der Waals surface area (Å²) in [5, 5.41) is 3.18. The highest BCUT2D eigenvalue weighted by Gasteiger charge is 2.13. The maximum Gasteiger partial charge on any atom is 0.240 e. The molecule has 0 bridgehead atoms. The van der Waals surface area contributed by atoms with E-state index in [9.17, 15) is 8.42 Å². The van der Waals surface area contributed by atoms with Gasteiger partial charge in [0, 0.05) is 33.7 Å². The molecular weight excluding hydrogens is 475 g/mol. The number of nitrogens with zero attached hydrogens (tertiary/aromatic N) is 2. The van der Waals surface area contributed by atoms with Gasteiger partial charge in [-0.3, -0.25) is 4.99 Å². The molecule has 8 heteroatoms. The second-order valence-electron chi connectivity index (χ2n) is 5.97. The highest BCUT2D eigenvalue weighted by molar-refractivity contribution is 14.0. The van der Waals surface area contributed by atoms with Crippen LogP contribution in [-0.4, -0.2) is 46.5 Å². The number of guanidine groups is 1. The van der Waals surface area contributed by atoms with Crippen molar-refractivity contribution >= 4 is 40.0 Å². The zero-order valence-corrected chi connectivity index (χ0v) is 19.0. The van der Waals surface area contributed by atoms with Crippen molar-refractivity contribution in [2.24, 2.45) is 4.99 Å². The van der Waals surface area contributed by atoms with E-state index in [1.165, 1.54) is 11.1 Å². The van der Waals surface area contributed by atoms with Gasteiger partial charge < -0.3 is 10.2 Å². The van der Waals surface area contributed by atoms with E-state index in [1.807, 2.05) is 24.1 Å². The van der Waals surface area contributed by atoms with Gasteiger partial charge in [-0.05, 0) is 30.2 Å². The lowest BCUT2D eigenvalue weighted by Gasteiger charge is -2.23. The van der Waals surface area contributed by atoms with Gasteiger partial charge in [0.1, 0.15) is 0 Å². The molecule has 6 nitrogen and oxygen atoms in total. The first-order chi connectivity index (χ1) is 12.4. The number of halogens is 1. The largest absolute Gasteiger partial charge is 0.355 e. The molecule has 27 heavy (non-hydrogen) atoms. The molecule has 0 unspecified atom stereocenters. The van der Waals surface area contributed by atoms with Crippen molar-refractivity contribution in [2.75, 3.05) is 27.2 Å². The van der Waals surface area contributed by atoms with Crippen molar-refractivity contribution in [2.45, 2.75) is 18.4 Å². The number of rotatable bonds is 7. The molecule has 0 aliphatic carbocycles. The lowest BCUT2D eigenvalue weighted by molar-refractivity contribution is 0.475. The molecule has 2 aromatic carbocycles. The average Bonchev–Trinajstić information content (AvgIpc) is 2.64. The molecular formula is C19H27IN4O2S. The Labute approximate surface area is 179 Å². The molecule has 0 radical (unpaired) electrons. The number of benzene rings is 2. The maximum absolute atomic E-state index is 12.2. The van der Waals surface area contributed by atoms with Crippen LogP contribution in [-0.2, 0) is 16.6 Å². The van der Waals surface area contributed by atoms with Crippen LogP contribution < -0.4 is 10.0 Å². The van der Waals surface area contributed by atoms with Gasteiger partial charge in [-0.1, -0.05) is 42.5 Å². The SMILES string of the molecule is CN=C(NCCNS(=O)(=O)c1ccccc1)N(C)Cc1ccccc1C.I. The van der Waals surface area contributed by atoms with Crippen LogP contribution in [0.2, 0.25) is 0 Å². The highest BCUT2D eigenvalue weighted by Crippen LogP contribution is 2.09. The van der Waals surface area contributed by atoms with Gasteiger partial charge in [0.15, 0.2) is 5.96 Å². The Morgan fingerprint density at radius 3 is 2.30 bits per heavy atom. The van der Waals surface area contributed by atoms with E-state index in [1.54, 1.807) is 37.4 Å². The van der Waals surface area contributed by atoms with Crippen molar-refractivity contribution in [3.05, 3.63) is 65.7 Å². The maximum atomic E-state index is 12.2. The van der Waals surface area contributed by atoms with Crippen molar-refractivity contribution in [1.82, 2.24) is 14.9 Å². The molecule has 148 valence electrons. The summed E-state index contributed by atoms with van der Waals surface area (Å²) in [6, 6.07) is 16.6. The number of sulfonamides is 1. The first-order valence-corrected chi connectivity index (χ1v) is 9.93. The van der Waals surface area contributed by atoms with Crippen LogP contribution in [0.3, 0.4) is 0 Å². The molecule has 0 spiro atoms. The summed E-state index contributed by atoms with van der Waals surface area (Å²) in [4.78, 5) is 6.53. The summed E-state index contributed by atoms with van der Waals surface area (Å²) < 4.78 is 26.9. The van der Waals surface area contributed by atoms with Gasteiger partial charge in [-0.15, -0.1) is 24.0 Å². The molecule has 0 atom stereocenters. The van der Waals surface area contributed by atoms with Crippen molar-refractivity contribution in [3.63, 3.8) is 0 Å². The number of aryl methyl sites for hydroxylation is 1. The monoisotopic (exact) mass is 502 g/mol. The number of aliphatic imine (C=N–C) groups is 1. The molecule has 0 fully saturated rings. The molecule has 0 heterocycles. The Balaban J connectivity index is 0.00000364. The average molecular weight is 502 g/mol. The van der Waals surface area contributed by atoms with E-state index in [0.29, 0.717) is 12.5 Å². The standard InChI is InChI=1S/C19H26N4O2S.HI/c1-16-9-7-8-10-17(16)15-23(3)19(20-2)21-13-14-22-26(24,25)18-11-5-4-6-12-18;/h4-12,22H,13-15H2,1-3H3,(H,20,21);1H. The highest BCUT2D eigenvalue weighted by atomic mass is 127. The van der Waals surface area contributed by atoms with Crippen molar-refractivity contribution < 1.29 is 8.42 Å². The van der Waals surface area contributed by atoms with Crippen LogP contribution in [0.1, 0.15) is 11.1 Å². The quantitative estimate of drug-likeness (QED) is 0.264. The smallest absolute Gasteiger partial charge is 0.240 e. The normalized spacial score (nSPS) is 11.6. The van der Waals surface area contributed by atoms with Gasteiger partial charge in [0.25, 0.3) is 0 Å². The first-order valence-electron chi connectivity index (χ1n) is 8.45. The molecule has 0 aliphatic heterocycles. The van der Waals surface area contributed by atoms with E-state index in [-0.39, 0.29) is 35.4 Å². The van der Waals surface area contributed by atoms with Gasteiger partial charge in [-0.25, -0.2) is 13.1 Å². The summed E-state index contributed by atoms with van der Waals surface area (Å²) in [5.74, 6) is 0.715. The van der Waals surface area contributed by atoms with E-state index < -0.39 is 10.0 Å². The van der Waals surface area contributed by atoms with Gasteiger partial charge in [0.2, 0.25) is 10.0 Å². The zero-order chi connectivity index (χ0) is 19.0. The third-order valence-corrected chi connectivity index (χ3v) is 5.47. The second kappa shape index (κ2) is 11.3. The summed E-state index contributed by atoms with van der Waals surface area (Å²) in [7, 11) is 0.185. The topological polar surface area (TPSA) is 73.8 Å².